The molecule has 22 heavy (non-hydrogen) atoms. The van der Waals surface area contributed by atoms with Crippen molar-refractivity contribution < 1.29 is 19.0 Å². The molecule has 2 rings (SSSR count). The van der Waals surface area contributed by atoms with E-state index in [0.29, 0.717) is 30.9 Å². The highest BCUT2D eigenvalue weighted by Crippen LogP contribution is 2.11. The van der Waals surface area contributed by atoms with Crippen molar-refractivity contribution in [3.8, 4) is 0 Å². The summed E-state index contributed by atoms with van der Waals surface area (Å²) in [5.74, 6) is -0.546. The maximum absolute atomic E-state index is 13.3. The van der Waals surface area contributed by atoms with Crippen molar-refractivity contribution in [1.29, 1.82) is 0 Å². The van der Waals surface area contributed by atoms with Crippen LogP contribution >= 0.6 is 0 Å². The van der Waals surface area contributed by atoms with E-state index in [-0.39, 0.29) is 18.3 Å². The van der Waals surface area contributed by atoms with Gasteiger partial charge in [-0.3, -0.25) is 9.69 Å². The summed E-state index contributed by atoms with van der Waals surface area (Å²) in [5, 5.41) is 10.1. The van der Waals surface area contributed by atoms with E-state index in [0.717, 1.165) is 13.1 Å². The second-order valence-electron chi connectivity index (χ2n) is 5.72. The van der Waals surface area contributed by atoms with Gasteiger partial charge in [0.2, 0.25) is 0 Å². The van der Waals surface area contributed by atoms with Crippen molar-refractivity contribution in [2.75, 3.05) is 46.4 Å². The summed E-state index contributed by atoms with van der Waals surface area (Å²) >= 11 is 0. The van der Waals surface area contributed by atoms with E-state index in [4.69, 9.17) is 4.74 Å². The third kappa shape index (κ3) is 4.50. The molecule has 1 aromatic carbocycles. The largest absolute Gasteiger partial charge is 0.390 e. The lowest BCUT2D eigenvalue weighted by atomic mass is 10.1. The van der Waals surface area contributed by atoms with E-state index < -0.39 is 6.10 Å². The lowest BCUT2D eigenvalue weighted by Crippen LogP contribution is -2.45. The van der Waals surface area contributed by atoms with Crippen LogP contribution in [-0.2, 0) is 4.74 Å². The highest BCUT2D eigenvalue weighted by atomic mass is 19.1. The average Bonchev–Trinajstić information content (AvgIpc) is 2.50. The van der Waals surface area contributed by atoms with Gasteiger partial charge in [0.1, 0.15) is 5.82 Å². The normalized spacial score (nSPS) is 17.3. The van der Waals surface area contributed by atoms with Crippen LogP contribution < -0.4 is 0 Å². The number of ether oxygens (including phenoxy) is 1. The number of halogens is 1. The molecular weight excluding hydrogens is 287 g/mol. The Morgan fingerprint density at radius 1 is 1.45 bits per heavy atom. The monoisotopic (exact) mass is 310 g/mol. The Morgan fingerprint density at radius 2 is 2.14 bits per heavy atom. The second kappa shape index (κ2) is 7.67. The maximum atomic E-state index is 13.3. The molecule has 0 spiro atoms. The molecule has 1 atom stereocenters. The van der Waals surface area contributed by atoms with Gasteiger partial charge in [0.25, 0.3) is 5.91 Å². The van der Waals surface area contributed by atoms with Gasteiger partial charge < -0.3 is 14.7 Å². The molecular formula is C16H23FN2O3. The first kappa shape index (κ1) is 16.9. The fourth-order valence-electron chi connectivity index (χ4n) is 2.54. The van der Waals surface area contributed by atoms with Crippen molar-refractivity contribution in [3.63, 3.8) is 0 Å². The van der Waals surface area contributed by atoms with E-state index in [9.17, 15) is 14.3 Å². The molecule has 1 N–H and O–H groups in total. The standard InChI is InChI=1S/C16H23FN2O3/c1-12-9-13(3-4-15(12)17)16(21)18(2)10-14(20)11-19-5-7-22-8-6-19/h3-4,9,14,20H,5-8,10-11H2,1-2H3. The molecule has 0 radical (unpaired) electrons. The van der Waals surface area contributed by atoms with Crippen LogP contribution in [0.5, 0.6) is 0 Å². The second-order valence-corrected chi connectivity index (χ2v) is 5.72. The highest BCUT2D eigenvalue weighted by Gasteiger charge is 2.19. The molecule has 1 amide bonds. The van der Waals surface area contributed by atoms with Gasteiger partial charge >= 0.3 is 0 Å². The van der Waals surface area contributed by atoms with Crippen LogP contribution in [0.1, 0.15) is 15.9 Å². The first-order valence-electron chi connectivity index (χ1n) is 7.47. The van der Waals surface area contributed by atoms with Gasteiger partial charge in [-0.05, 0) is 30.7 Å². The maximum Gasteiger partial charge on any atom is 0.253 e. The minimum atomic E-state index is -0.617. The smallest absolute Gasteiger partial charge is 0.253 e. The zero-order valence-corrected chi connectivity index (χ0v) is 13.1. The molecule has 1 aromatic rings. The van der Waals surface area contributed by atoms with Crippen molar-refractivity contribution in [1.82, 2.24) is 9.80 Å². The minimum absolute atomic E-state index is 0.218. The van der Waals surface area contributed by atoms with Crippen molar-refractivity contribution >= 4 is 5.91 Å². The lowest BCUT2D eigenvalue weighted by molar-refractivity contribution is 0.00879. The Hall–Kier alpha value is -1.50. The number of carbonyl (C=O) groups excluding carboxylic acids is 1. The molecule has 1 unspecified atom stereocenters. The first-order valence-corrected chi connectivity index (χ1v) is 7.47. The third-order valence-electron chi connectivity index (χ3n) is 3.81. The number of hydrogen-bond acceptors (Lipinski definition) is 4. The molecule has 5 nitrogen and oxygen atoms in total. The van der Waals surface area contributed by atoms with Crippen LogP contribution in [0.25, 0.3) is 0 Å². The number of likely N-dealkylation sites (N-methyl/N-ethyl adjacent to an activating group) is 1. The van der Waals surface area contributed by atoms with Crippen molar-refractivity contribution in [3.05, 3.63) is 35.1 Å². The molecule has 0 saturated carbocycles. The van der Waals surface area contributed by atoms with Gasteiger partial charge in [-0.1, -0.05) is 0 Å². The van der Waals surface area contributed by atoms with Crippen molar-refractivity contribution in [2.24, 2.45) is 0 Å². The van der Waals surface area contributed by atoms with E-state index in [1.54, 1.807) is 14.0 Å². The summed E-state index contributed by atoms with van der Waals surface area (Å²) in [6.45, 7) is 5.33. The summed E-state index contributed by atoms with van der Waals surface area (Å²) < 4.78 is 18.5. The van der Waals surface area contributed by atoms with Crippen LogP contribution in [-0.4, -0.2) is 73.4 Å². The minimum Gasteiger partial charge on any atom is -0.390 e. The molecule has 6 heteroatoms. The lowest BCUT2D eigenvalue weighted by Gasteiger charge is -2.30. The summed E-state index contributed by atoms with van der Waals surface area (Å²) in [6.07, 6.45) is -0.617. The highest BCUT2D eigenvalue weighted by molar-refractivity contribution is 5.94. The molecule has 0 aromatic heterocycles. The van der Waals surface area contributed by atoms with Gasteiger partial charge in [-0.15, -0.1) is 0 Å². The Kier molecular flexibility index (Phi) is 5.88. The number of carbonyl (C=O) groups is 1. The number of hydrogen-bond donors (Lipinski definition) is 1. The molecule has 1 saturated heterocycles. The van der Waals surface area contributed by atoms with Crippen LogP contribution in [0.15, 0.2) is 18.2 Å². The summed E-state index contributed by atoms with van der Waals surface area (Å²) in [6, 6.07) is 4.29. The molecule has 1 heterocycles. The van der Waals surface area contributed by atoms with E-state index in [1.807, 2.05) is 0 Å². The molecule has 1 fully saturated rings. The quantitative estimate of drug-likeness (QED) is 0.878. The summed E-state index contributed by atoms with van der Waals surface area (Å²) in [7, 11) is 1.64. The fourth-order valence-corrected chi connectivity index (χ4v) is 2.54. The fraction of sp³-hybridized carbons (Fsp3) is 0.562. The van der Waals surface area contributed by atoms with Crippen LogP contribution in [0.3, 0.4) is 0 Å². The number of aliphatic hydroxyl groups is 1. The van der Waals surface area contributed by atoms with E-state index in [1.165, 1.54) is 23.1 Å². The van der Waals surface area contributed by atoms with Crippen molar-refractivity contribution in [2.45, 2.75) is 13.0 Å². The zero-order valence-electron chi connectivity index (χ0n) is 13.1. The average molecular weight is 310 g/mol. The van der Waals surface area contributed by atoms with E-state index >= 15 is 0 Å². The van der Waals surface area contributed by atoms with Gasteiger partial charge in [0.15, 0.2) is 0 Å². The Labute approximate surface area is 130 Å². The first-order chi connectivity index (χ1) is 10.5. The number of rotatable bonds is 5. The molecule has 1 aliphatic rings. The predicted molar refractivity (Wildman–Crippen MR) is 81.4 cm³/mol. The topological polar surface area (TPSA) is 53.0 Å². The predicted octanol–water partition coefficient (Wildman–Crippen LogP) is 0.899. The molecule has 0 bridgehead atoms. The Balaban J connectivity index is 1.88. The third-order valence-corrected chi connectivity index (χ3v) is 3.81. The number of β-amino-alcohol motifs (C(OH)–C–C–N with tert-alkyl or cyclic N) is 1. The van der Waals surface area contributed by atoms with Gasteiger partial charge in [-0.2, -0.15) is 0 Å². The van der Waals surface area contributed by atoms with E-state index in [2.05, 4.69) is 4.90 Å². The number of nitrogens with zero attached hydrogens (tertiary/aromatic N) is 2. The van der Waals surface area contributed by atoms with Gasteiger partial charge in [-0.25, -0.2) is 4.39 Å². The number of amides is 1. The molecule has 0 aliphatic carbocycles. The van der Waals surface area contributed by atoms with Gasteiger partial charge in [0.05, 0.1) is 19.3 Å². The van der Waals surface area contributed by atoms with Gasteiger partial charge in [0, 0.05) is 38.8 Å². The molecule has 1 aliphatic heterocycles. The number of morpholine rings is 1. The van der Waals surface area contributed by atoms with Crippen LogP contribution in [0.4, 0.5) is 4.39 Å². The number of benzene rings is 1. The SMILES string of the molecule is Cc1cc(C(=O)N(C)CC(O)CN2CCOCC2)ccc1F. The van der Waals surface area contributed by atoms with Crippen LogP contribution in [0, 0.1) is 12.7 Å². The summed E-state index contributed by atoms with van der Waals surface area (Å²) in [5.41, 5.74) is 0.869. The molecule has 122 valence electrons. The number of aryl methyl sites for hydroxylation is 1. The number of aliphatic hydroxyl groups excluding tert-OH is 1. The Morgan fingerprint density at radius 3 is 2.77 bits per heavy atom. The zero-order chi connectivity index (χ0) is 16.1. The van der Waals surface area contributed by atoms with Crippen LogP contribution in [0.2, 0.25) is 0 Å². The summed E-state index contributed by atoms with van der Waals surface area (Å²) in [4.78, 5) is 15.9. The Bertz CT molecular complexity index is 518.